The Balaban J connectivity index is 1.91. The summed E-state index contributed by atoms with van der Waals surface area (Å²) >= 11 is 1.54. The quantitative estimate of drug-likeness (QED) is 0.779. The molecule has 1 aliphatic heterocycles. The molecule has 136 valence electrons. The van der Waals surface area contributed by atoms with Crippen molar-refractivity contribution in [2.45, 2.75) is 67.4 Å². The molecule has 0 spiro atoms. The number of benzene rings is 1. The highest BCUT2D eigenvalue weighted by molar-refractivity contribution is 8.00. The van der Waals surface area contributed by atoms with Crippen LogP contribution in [-0.2, 0) is 9.16 Å². The van der Waals surface area contributed by atoms with Crippen LogP contribution >= 0.6 is 11.8 Å². The average molecular weight is 371 g/mol. The first-order valence-electron chi connectivity index (χ1n) is 8.45. The van der Waals surface area contributed by atoms with Gasteiger partial charge in [-0.1, -0.05) is 39.0 Å². The number of aliphatic hydroxyl groups excluding tert-OH is 2. The number of aliphatic hydroxyl groups is 2. The Hall–Kier alpha value is -0.373. The fraction of sp³-hybridized carbons (Fsp3) is 0.667. The second kappa shape index (κ2) is 7.89. The van der Waals surface area contributed by atoms with Crippen molar-refractivity contribution in [1.82, 2.24) is 0 Å². The van der Waals surface area contributed by atoms with E-state index in [4.69, 9.17) is 9.16 Å². The lowest BCUT2D eigenvalue weighted by atomic mass is 10.0. The van der Waals surface area contributed by atoms with Crippen molar-refractivity contribution in [3.05, 3.63) is 30.3 Å². The first-order chi connectivity index (χ1) is 11.1. The van der Waals surface area contributed by atoms with E-state index in [2.05, 4.69) is 33.9 Å². The average Bonchev–Trinajstić information content (AvgIpc) is 2.51. The molecule has 0 aliphatic carbocycles. The lowest BCUT2D eigenvalue weighted by Crippen LogP contribution is -2.54. The fourth-order valence-corrected chi connectivity index (χ4v) is 4.41. The van der Waals surface area contributed by atoms with Crippen molar-refractivity contribution in [2.24, 2.45) is 0 Å². The van der Waals surface area contributed by atoms with Gasteiger partial charge in [0.25, 0.3) is 0 Å². The maximum absolute atomic E-state index is 10.5. The highest BCUT2D eigenvalue weighted by Crippen LogP contribution is 2.37. The molecule has 2 N–H and O–H groups in total. The summed E-state index contributed by atoms with van der Waals surface area (Å²) in [4.78, 5) is 1.06. The molecule has 6 heteroatoms. The van der Waals surface area contributed by atoms with Crippen LogP contribution in [0.4, 0.5) is 0 Å². The fourth-order valence-electron chi connectivity index (χ4n) is 2.29. The number of hydrogen-bond donors (Lipinski definition) is 2. The zero-order valence-electron chi connectivity index (χ0n) is 15.2. The zero-order chi connectivity index (χ0) is 18.0. The van der Waals surface area contributed by atoms with Gasteiger partial charge in [-0.05, 0) is 30.3 Å². The maximum Gasteiger partial charge on any atom is 0.192 e. The topological polar surface area (TPSA) is 58.9 Å². The van der Waals surface area contributed by atoms with Crippen LogP contribution in [0, 0.1) is 0 Å². The summed E-state index contributed by atoms with van der Waals surface area (Å²) in [6.07, 6.45) is -2.22. The van der Waals surface area contributed by atoms with Crippen molar-refractivity contribution in [1.29, 1.82) is 0 Å². The number of hydrogen-bond acceptors (Lipinski definition) is 5. The Bertz CT molecular complexity index is 518. The summed E-state index contributed by atoms with van der Waals surface area (Å²) in [5.74, 6) is 0. The SMILES string of the molecule is CC(C)(C)[Si](C)(C)OC[C@@H]1OC[C@H](Sc2ccccc2)[C@@H](O)[C@H]1O. The largest absolute Gasteiger partial charge is 0.414 e. The molecule has 0 saturated carbocycles. The van der Waals surface area contributed by atoms with Gasteiger partial charge in [0.05, 0.1) is 24.6 Å². The highest BCUT2D eigenvalue weighted by atomic mass is 32.2. The molecule has 1 aromatic rings. The summed E-state index contributed by atoms with van der Waals surface area (Å²) in [7, 11) is -1.90. The summed E-state index contributed by atoms with van der Waals surface area (Å²) in [5, 5.41) is 20.8. The van der Waals surface area contributed by atoms with Crippen LogP contribution < -0.4 is 0 Å². The van der Waals surface area contributed by atoms with Gasteiger partial charge in [0.2, 0.25) is 0 Å². The van der Waals surface area contributed by atoms with Gasteiger partial charge in [-0.15, -0.1) is 11.8 Å². The molecule has 0 bridgehead atoms. The van der Waals surface area contributed by atoms with E-state index in [0.717, 1.165) is 4.90 Å². The maximum atomic E-state index is 10.5. The van der Waals surface area contributed by atoms with E-state index in [1.807, 2.05) is 30.3 Å². The summed E-state index contributed by atoms with van der Waals surface area (Å²) in [6.45, 7) is 11.6. The molecule has 0 unspecified atom stereocenters. The number of rotatable bonds is 5. The van der Waals surface area contributed by atoms with Crippen LogP contribution in [0.25, 0.3) is 0 Å². The highest BCUT2D eigenvalue weighted by Gasteiger charge is 2.42. The van der Waals surface area contributed by atoms with E-state index < -0.39 is 26.6 Å². The molecule has 1 saturated heterocycles. The third-order valence-corrected chi connectivity index (χ3v) is 10.8. The Labute approximate surface area is 150 Å². The molecule has 4 atom stereocenters. The van der Waals surface area contributed by atoms with Crippen LogP contribution in [0.3, 0.4) is 0 Å². The summed E-state index contributed by atoms with van der Waals surface area (Å²) in [6, 6.07) is 9.88. The standard InChI is InChI=1S/C18H30O4SSi/c1-18(2,3)24(4,5)22-11-14-16(19)17(20)15(12-21-14)23-13-9-7-6-8-10-13/h6-10,14-17,19-20H,11-12H2,1-5H3/t14-,15-,16-,17+/m0/s1. The van der Waals surface area contributed by atoms with Gasteiger partial charge in [0.15, 0.2) is 8.32 Å². The van der Waals surface area contributed by atoms with E-state index in [-0.39, 0.29) is 10.3 Å². The van der Waals surface area contributed by atoms with Crippen molar-refractivity contribution in [2.75, 3.05) is 13.2 Å². The smallest absolute Gasteiger partial charge is 0.192 e. The van der Waals surface area contributed by atoms with Crippen molar-refractivity contribution in [3.63, 3.8) is 0 Å². The molecule has 0 aromatic heterocycles. The summed E-state index contributed by atoms with van der Waals surface area (Å²) < 4.78 is 12.0. The lowest BCUT2D eigenvalue weighted by molar-refractivity contribution is -0.142. The van der Waals surface area contributed by atoms with E-state index in [1.165, 1.54) is 11.8 Å². The Morgan fingerprint density at radius 2 is 1.79 bits per heavy atom. The van der Waals surface area contributed by atoms with Gasteiger partial charge < -0.3 is 19.4 Å². The third kappa shape index (κ3) is 4.83. The van der Waals surface area contributed by atoms with Crippen molar-refractivity contribution in [3.8, 4) is 0 Å². The van der Waals surface area contributed by atoms with E-state index in [0.29, 0.717) is 13.2 Å². The van der Waals surface area contributed by atoms with Crippen LogP contribution in [0.2, 0.25) is 18.1 Å². The molecule has 0 radical (unpaired) electrons. The van der Waals surface area contributed by atoms with Gasteiger partial charge in [-0.3, -0.25) is 0 Å². The number of thioether (sulfide) groups is 1. The van der Waals surface area contributed by atoms with Crippen LogP contribution in [-0.4, -0.2) is 55.3 Å². The third-order valence-electron chi connectivity index (χ3n) is 5.03. The van der Waals surface area contributed by atoms with Crippen LogP contribution in [0.5, 0.6) is 0 Å². The first kappa shape index (κ1) is 19.9. The Morgan fingerprint density at radius 1 is 1.17 bits per heavy atom. The minimum atomic E-state index is -1.90. The molecule has 1 fully saturated rings. The van der Waals surface area contributed by atoms with Crippen LogP contribution in [0.1, 0.15) is 20.8 Å². The monoisotopic (exact) mass is 370 g/mol. The number of ether oxygens (including phenoxy) is 1. The van der Waals surface area contributed by atoms with E-state index >= 15 is 0 Å². The van der Waals surface area contributed by atoms with Gasteiger partial charge in [0.1, 0.15) is 12.2 Å². The van der Waals surface area contributed by atoms with Crippen LogP contribution in [0.15, 0.2) is 35.2 Å². The Morgan fingerprint density at radius 3 is 2.38 bits per heavy atom. The minimum absolute atomic E-state index is 0.108. The molecular formula is C18H30O4SSi. The van der Waals surface area contributed by atoms with E-state index in [9.17, 15) is 10.2 Å². The van der Waals surface area contributed by atoms with Gasteiger partial charge in [0, 0.05) is 4.90 Å². The molecule has 4 nitrogen and oxygen atoms in total. The molecule has 1 aliphatic rings. The van der Waals surface area contributed by atoms with Gasteiger partial charge in [-0.2, -0.15) is 0 Å². The first-order valence-corrected chi connectivity index (χ1v) is 12.2. The van der Waals surface area contributed by atoms with Crippen molar-refractivity contribution >= 4 is 20.1 Å². The molecule has 24 heavy (non-hydrogen) atoms. The predicted molar refractivity (Wildman–Crippen MR) is 101 cm³/mol. The second-order valence-corrected chi connectivity index (χ2v) is 14.0. The second-order valence-electron chi connectivity index (χ2n) is 7.89. The molecule has 2 rings (SSSR count). The molecule has 1 aromatic carbocycles. The summed E-state index contributed by atoms with van der Waals surface area (Å²) in [5.41, 5.74) is 0. The normalized spacial score (nSPS) is 28.8. The minimum Gasteiger partial charge on any atom is -0.414 e. The van der Waals surface area contributed by atoms with Gasteiger partial charge >= 0.3 is 0 Å². The molecular weight excluding hydrogens is 340 g/mol. The van der Waals surface area contributed by atoms with Crippen molar-refractivity contribution < 1.29 is 19.4 Å². The Kier molecular flexibility index (Phi) is 6.56. The molecule has 1 heterocycles. The zero-order valence-corrected chi connectivity index (χ0v) is 17.0. The van der Waals surface area contributed by atoms with E-state index in [1.54, 1.807) is 0 Å². The molecule has 0 amide bonds. The van der Waals surface area contributed by atoms with Gasteiger partial charge in [-0.25, -0.2) is 0 Å². The lowest BCUT2D eigenvalue weighted by Gasteiger charge is -2.41. The predicted octanol–water partition coefficient (Wildman–Crippen LogP) is 3.29.